The van der Waals surface area contributed by atoms with Crippen LogP contribution in [0.15, 0.2) is 54.6 Å². The van der Waals surface area contributed by atoms with Crippen molar-refractivity contribution in [2.75, 3.05) is 14.1 Å². The summed E-state index contributed by atoms with van der Waals surface area (Å²) in [4.78, 5) is 14.0. The van der Waals surface area contributed by atoms with E-state index < -0.39 is 0 Å². The van der Waals surface area contributed by atoms with Crippen molar-refractivity contribution in [3.05, 3.63) is 65.7 Å². The summed E-state index contributed by atoms with van der Waals surface area (Å²) in [7, 11) is 3.62. The van der Waals surface area contributed by atoms with Gasteiger partial charge in [-0.2, -0.15) is 0 Å². The summed E-state index contributed by atoms with van der Waals surface area (Å²) >= 11 is 0. The standard InChI is InChI=1S/C21H27NO2/c1-5-20(16(2)21(23)22(3)4)18-12-9-13-19(14-18)24-15-17-10-7-6-8-11-17/h6-14,16,20H,5,15H2,1-4H3. The molecule has 1 amide bonds. The molecule has 0 N–H and O–H groups in total. The molecule has 24 heavy (non-hydrogen) atoms. The second kappa shape index (κ2) is 8.53. The zero-order chi connectivity index (χ0) is 17.5. The second-order valence-corrected chi connectivity index (χ2v) is 6.38. The van der Waals surface area contributed by atoms with Crippen LogP contribution < -0.4 is 4.74 Å². The Balaban J connectivity index is 2.11. The molecule has 0 spiro atoms. The fraction of sp³-hybridized carbons (Fsp3) is 0.381. The van der Waals surface area contributed by atoms with Crippen LogP contribution in [0.4, 0.5) is 0 Å². The molecule has 3 heteroatoms. The average Bonchev–Trinajstić information content (AvgIpc) is 2.61. The minimum absolute atomic E-state index is 0.0469. The van der Waals surface area contributed by atoms with E-state index in [0.717, 1.165) is 23.3 Å². The molecule has 0 aromatic heterocycles. The van der Waals surface area contributed by atoms with Gasteiger partial charge in [-0.3, -0.25) is 4.79 Å². The van der Waals surface area contributed by atoms with Gasteiger partial charge in [-0.05, 0) is 35.6 Å². The van der Waals surface area contributed by atoms with Gasteiger partial charge in [0.15, 0.2) is 0 Å². The molecule has 2 rings (SSSR count). The number of amides is 1. The predicted octanol–water partition coefficient (Wildman–Crippen LogP) is 4.48. The Bertz CT molecular complexity index is 652. The van der Waals surface area contributed by atoms with E-state index >= 15 is 0 Å². The van der Waals surface area contributed by atoms with Crippen LogP contribution in [0.3, 0.4) is 0 Å². The molecule has 0 heterocycles. The lowest BCUT2D eigenvalue weighted by molar-refractivity contribution is -0.133. The van der Waals surface area contributed by atoms with Gasteiger partial charge in [0, 0.05) is 20.0 Å². The average molecular weight is 325 g/mol. The molecule has 2 atom stereocenters. The SMILES string of the molecule is CCC(c1cccc(OCc2ccccc2)c1)C(C)C(=O)N(C)C. The molecule has 0 saturated heterocycles. The van der Waals surface area contributed by atoms with Gasteiger partial charge in [-0.15, -0.1) is 0 Å². The molecule has 0 saturated carbocycles. The molecule has 0 fully saturated rings. The topological polar surface area (TPSA) is 29.5 Å². The zero-order valence-electron chi connectivity index (χ0n) is 15.0. The van der Waals surface area contributed by atoms with Crippen LogP contribution >= 0.6 is 0 Å². The minimum atomic E-state index is -0.0469. The van der Waals surface area contributed by atoms with Crippen LogP contribution in [0.2, 0.25) is 0 Å². The number of hydrogen-bond acceptors (Lipinski definition) is 2. The molecular weight excluding hydrogens is 298 g/mol. The maximum Gasteiger partial charge on any atom is 0.225 e. The lowest BCUT2D eigenvalue weighted by Gasteiger charge is -2.25. The number of nitrogens with zero attached hydrogens (tertiary/aromatic N) is 1. The molecule has 2 unspecified atom stereocenters. The van der Waals surface area contributed by atoms with Crippen LogP contribution in [0.5, 0.6) is 5.75 Å². The first kappa shape index (κ1) is 18.1. The summed E-state index contributed by atoms with van der Waals surface area (Å²) in [5, 5.41) is 0. The third-order valence-corrected chi connectivity index (χ3v) is 4.41. The number of ether oxygens (including phenoxy) is 1. The molecular formula is C21H27NO2. The monoisotopic (exact) mass is 325 g/mol. The van der Waals surface area contributed by atoms with E-state index in [1.807, 2.05) is 51.4 Å². The highest BCUT2D eigenvalue weighted by molar-refractivity contribution is 5.79. The summed E-state index contributed by atoms with van der Waals surface area (Å²) < 4.78 is 5.92. The summed E-state index contributed by atoms with van der Waals surface area (Å²) in [5.74, 6) is 1.16. The first-order valence-corrected chi connectivity index (χ1v) is 8.50. The Kier molecular flexibility index (Phi) is 6.42. The zero-order valence-corrected chi connectivity index (χ0v) is 15.0. The van der Waals surface area contributed by atoms with Crippen molar-refractivity contribution in [3.8, 4) is 5.75 Å². The Hall–Kier alpha value is -2.29. The Morgan fingerprint density at radius 3 is 2.42 bits per heavy atom. The van der Waals surface area contributed by atoms with Crippen LogP contribution in [0.25, 0.3) is 0 Å². The largest absolute Gasteiger partial charge is 0.489 e. The van der Waals surface area contributed by atoms with Gasteiger partial charge in [0.25, 0.3) is 0 Å². The van der Waals surface area contributed by atoms with Gasteiger partial charge >= 0.3 is 0 Å². The van der Waals surface area contributed by atoms with Gasteiger partial charge in [-0.1, -0.05) is 56.3 Å². The molecule has 0 bridgehead atoms. The number of carbonyl (C=O) groups is 1. The van der Waals surface area contributed by atoms with E-state index in [0.29, 0.717) is 6.61 Å². The van der Waals surface area contributed by atoms with E-state index in [1.165, 1.54) is 0 Å². The normalized spacial score (nSPS) is 13.2. The lowest BCUT2D eigenvalue weighted by atomic mass is 9.84. The van der Waals surface area contributed by atoms with Crippen LogP contribution in [0.1, 0.15) is 37.3 Å². The first-order valence-electron chi connectivity index (χ1n) is 8.50. The predicted molar refractivity (Wildman–Crippen MR) is 98.1 cm³/mol. The van der Waals surface area contributed by atoms with Crippen molar-refractivity contribution in [1.29, 1.82) is 0 Å². The van der Waals surface area contributed by atoms with E-state index in [4.69, 9.17) is 4.74 Å². The highest BCUT2D eigenvalue weighted by Crippen LogP contribution is 2.31. The van der Waals surface area contributed by atoms with E-state index in [-0.39, 0.29) is 17.7 Å². The van der Waals surface area contributed by atoms with Crippen molar-refractivity contribution in [3.63, 3.8) is 0 Å². The van der Waals surface area contributed by atoms with Crippen LogP contribution in [0, 0.1) is 5.92 Å². The van der Waals surface area contributed by atoms with E-state index in [9.17, 15) is 4.79 Å². The Labute approximate surface area is 145 Å². The van der Waals surface area contributed by atoms with Gasteiger partial charge in [0.05, 0.1) is 0 Å². The Morgan fingerprint density at radius 1 is 1.08 bits per heavy atom. The molecule has 0 aliphatic rings. The summed E-state index contributed by atoms with van der Waals surface area (Å²) in [6.07, 6.45) is 0.920. The molecule has 3 nitrogen and oxygen atoms in total. The highest BCUT2D eigenvalue weighted by atomic mass is 16.5. The third kappa shape index (κ3) is 4.60. The second-order valence-electron chi connectivity index (χ2n) is 6.38. The van der Waals surface area contributed by atoms with E-state index in [2.05, 4.69) is 31.2 Å². The number of carbonyl (C=O) groups excluding carboxylic acids is 1. The maximum absolute atomic E-state index is 12.3. The van der Waals surface area contributed by atoms with Crippen LogP contribution in [-0.4, -0.2) is 24.9 Å². The Morgan fingerprint density at radius 2 is 1.79 bits per heavy atom. The van der Waals surface area contributed by atoms with Gasteiger partial charge in [-0.25, -0.2) is 0 Å². The fourth-order valence-electron chi connectivity index (χ4n) is 3.03. The lowest BCUT2D eigenvalue weighted by Crippen LogP contribution is -2.31. The van der Waals surface area contributed by atoms with Gasteiger partial charge in [0.2, 0.25) is 5.91 Å². The molecule has 0 radical (unpaired) electrons. The smallest absolute Gasteiger partial charge is 0.225 e. The van der Waals surface area contributed by atoms with Crippen molar-refractivity contribution in [2.45, 2.75) is 32.8 Å². The molecule has 0 aliphatic heterocycles. The summed E-state index contributed by atoms with van der Waals surface area (Å²) in [6.45, 7) is 4.68. The van der Waals surface area contributed by atoms with Crippen molar-refractivity contribution in [1.82, 2.24) is 4.90 Å². The number of rotatable bonds is 7. The third-order valence-electron chi connectivity index (χ3n) is 4.41. The first-order chi connectivity index (χ1) is 11.5. The summed E-state index contributed by atoms with van der Waals surface area (Å²) in [5.41, 5.74) is 2.30. The number of benzene rings is 2. The fourth-order valence-corrected chi connectivity index (χ4v) is 3.03. The van der Waals surface area contributed by atoms with Crippen LogP contribution in [-0.2, 0) is 11.4 Å². The minimum Gasteiger partial charge on any atom is -0.489 e. The van der Waals surface area contributed by atoms with Crippen molar-refractivity contribution < 1.29 is 9.53 Å². The highest BCUT2D eigenvalue weighted by Gasteiger charge is 2.25. The maximum atomic E-state index is 12.3. The van der Waals surface area contributed by atoms with Crippen molar-refractivity contribution in [2.24, 2.45) is 5.92 Å². The number of hydrogen-bond donors (Lipinski definition) is 0. The molecule has 0 aliphatic carbocycles. The molecule has 128 valence electrons. The molecule has 2 aromatic carbocycles. The van der Waals surface area contributed by atoms with Gasteiger partial charge in [0.1, 0.15) is 12.4 Å². The summed E-state index contributed by atoms with van der Waals surface area (Å²) in [6, 6.07) is 18.3. The van der Waals surface area contributed by atoms with E-state index in [1.54, 1.807) is 4.90 Å². The van der Waals surface area contributed by atoms with Gasteiger partial charge < -0.3 is 9.64 Å². The molecule has 2 aromatic rings. The van der Waals surface area contributed by atoms with Crippen molar-refractivity contribution >= 4 is 5.91 Å². The quantitative estimate of drug-likeness (QED) is 0.751.